The van der Waals surface area contributed by atoms with E-state index < -0.39 is 16.9 Å². The molecule has 1 aromatic carbocycles. The molecular formula is C25H29F4N3OS. The molecule has 0 radical (unpaired) electrons. The van der Waals surface area contributed by atoms with Crippen molar-refractivity contribution in [3.63, 3.8) is 0 Å². The van der Waals surface area contributed by atoms with Crippen molar-refractivity contribution < 1.29 is 22.3 Å². The molecule has 0 saturated carbocycles. The third-order valence-corrected chi connectivity index (χ3v) is 6.38. The van der Waals surface area contributed by atoms with Gasteiger partial charge in [0.05, 0.1) is 5.56 Å². The average Bonchev–Trinajstić information content (AvgIpc) is 3.21. The molecule has 0 fully saturated rings. The molecule has 34 heavy (non-hydrogen) atoms. The van der Waals surface area contributed by atoms with E-state index in [0.717, 1.165) is 49.5 Å². The first-order chi connectivity index (χ1) is 16.3. The lowest BCUT2D eigenvalue weighted by atomic mass is 9.99. The molecule has 2 aromatic heterocycles. The van der Waals surface area contributed by atoms with Crippen LogP contribution in [0.3, 0.4) is 0 Å². The van der Waals surface area contributed by atoms with E-state index >= 15 is 0 Å². The number of unbranched alkanes of at least 4 members (excludes halogenated alkanes) is 5. The van der Waals surface area contributed by atoms with Gasteiger partial charge in [0, 0.05) is 30.8 Å². The van der Waals surface area contributed by atoms with Crippen LogP contribution >= 0.6 is 11.3 Å². The Kier molecular flexibility index (Phi) is 9.41. The van der Waals surface area contributed by atoms with E-state index in [1.807, 2.05) is 0 Å². The minimum absolute atomic E-state index is 0.0759. The second-order valence-corrected chi connectivity index (χ2v) is 8.99. The number of ether oxygens (including phenoxy) is 1. The van der Waals surface area contributed by atoms with Crippen LogP contribution in [0.4, 0.5) is 28.4 Å². The normalized spacial score (nSPS) is 11.7. The average molecular weight is 496 g/mol. The molecule has 0 aliphatic carbocycles. The first kappa shape index (κ1) is 26.1. The summed E-state index contributed by atoms with van der Waals surface area (Å²) >= 11 is 0.752. The van der Waals surface area contributed by atoms with Crippen molar-refractivity contribution in [2.24, 2.45) is 0 Å². The topological polar surface area (TPSA) is 38.2 Å². The van der Waals surface area contributed by atoms with Crippen LogP contribution in [0.2, 0.25) is 0 Å². The fourth-order valence-corrected chi connectivity index (χ4v) is 4.59. The van der Waals surface area contributed by atoms with E-state index in [0.29, 0.717) is 18.4 Å². The van der Waals surface area contributed by atoms with Crippen molar-refractivity contribution in [3.8, 4) is 11.3 Å². The summed E-state index contributed by atoms with van der Waals surface area (Å²) in [6.07, 6.45) is 4.96. The fourth-order valence-electron chi connectivity index (χ4n) is 3.77. The van der Waals surface area contributed by atoms with Crippen molar-refractivity contribution in [1.29, 1.82) is 0 Å². The summed E-state index contributed by atoms with van der Waals surface area (Å²) in [5.74, 6) is 0. The summed E-state index contributed by atoms with van der Waals surface area (Å²) < 4.78 is 61.6. The number of nitrogens with zero attached hydrogens (tertiary/aromatic N) is 3. The number of thiazole rings is 1. The molecule has 0 bridgehead atoms. The van der Waals surface area contributed by atoms with E-state index in [-0.39, 0.29) is 28.8 Å². The van der Waals surface area contributed by atoms with Gasteiger partial charge >= 0.3 is 6.18 Å². The van der Waals surface area contributed by atoms with E-state index in [1.165, 1.54) is 24.3 Å². The maximum atomic E-state index is 14.7. The number of aromatic nitrogens is 2. The van der Waals surface area contributed by atoms with Gasteiger partial charge in [-0.1, -0.05) is 56.4 Å². The van der Waals surface area contributed by atoms with E-state index in [1.54, 1.807) is 24.4 Å². The van der Waals surface area contributed by atoms with Crippen LogP contribution in [0.1, 0.15) is 56.6 Å². The summed E-state index contributed by atoms with van der Waals surface area (Å²) in [6.45, 7) is 2.05. The third-order valence-electron chi connectivity index (χ3n) is 5.51. The first-order valence-electron chi connectivity index (χ1n) is 11.4. The summed E-state index contributed by atoms with van der Waals surface area (Å²) in [6, 6.07) is 7.57. The Morgan fingerprint density at radius 3 is 2.50 bits per heavy atom. The molecule has 3 rings (SSSR count). The Labute approximate surface area is 201 Å². The van der Waals surface area contributed by atoms with E-state index in [9.17, 15) is 17.6 Å². The van der Waals surface area contributed by atoms with Gasteiger partial charge in [-0.15, -0.1) is 0 Å². The van der Waals surface area contributed by atoms with Crippen LogP contribution in [0.15, 0.2) is 42.7 Å². The number of pyridine rings is 1. The Balaban J connectivity index is 1.87. The van der Waals surface area contributed by atoms with Gasteiger partial charge in [-0.3, -0.25) is 9.88 Å². The predicted molar refractivity (Wildman–Crippen MR) is 128 cm³/mol. The summed E-state index contributed by atoms with van der Waals surface area (Å²) in [5, 5.41) is -0.338. The highest BCUT2D eigenvalue weighted by Gasteiger charge is 2.34. The van der Waals surface area contributed by atoms with Gasteiger partial charge in [-0.05, 0) is 42.7 Å². The van der Waals surface area contributed by atoms with E-state index in [2.05, 4.69) is 16.9 Å². The van der Waals surface area contributed by atoms with Crippen molar-refractivity contribution in [2.75, 3.05) is 18.7 Å². The van der Waals surface area contributed by atoms with Crippen molar-refractivity contribution in [3.05, 3.63) is 59.0 Å². The third kappa shape index (κ3) is 6.76. The molecule has 0 atom stereocenters. The maximum Gasteiger partial charge on any atom is 0.416 e. The standard InChI is InChI=1S/C25H29F4N3OS/c1-3-4-5-6-7-8-10-18-12-13-20(15-21(18)25(27,28)29)32(17-33-2)24-31-22(23(26)34-24)19-11-9-14-30-16-19/h9,11-16H,3-8,10,17H2,1-2H3. The lowest BCUT2D eigenvalue weighted by molar-refractivity contribution is -0.138. The number of alkyl halides is 3. The number of hydrogen-bond acceptors (Lipinski definition) is 5. The highest BCUT2D eigenvalue weighted by molar-refractivity contribution is 7.14. The number of aryl methyl sites for hydroxylation is 1. The minimum atomic E-state index is -4.50. The van der Waals surface area contributed by atoms with Gasteiger partial charge < -0.3 is 4.74 Å². The molecular weight excluding hydrogens is 466 g/mol. The molecule has 4 nitrogen and oxygen atoms in total. The van der Waals surface area contributed by atoms with Gasteiger partial charge in [0.15, 0.2) is 5.13 Å². The van der Waals surface area contributed by atoms with Crippen LogP contribution in [0.25, 0.3) is 11.3 Å². The zero-order chi connectivity index (χ0) is 24.6. The van der Waals surface area contributed by atoms with Gasteiger partial charge in [0.2, 0.25) is 5.13 Å². The Hall–Kier alpha value is -2.52. The minimum Gasteiger partial charge on any atom is -0.364 e. The second kappa shape index (κ2) is 12.3. The second-order valence-electron chi connectivity index (χ2n) is 8.06. The summed E-state index contributed by atoms with van der Waals surface area (Å²) in [7, 11) is 1.43. The molecule has 0 amide bonds. The Morgan fingerprint density at radius 2 is 1.82 bits per heavy atom. The first-order valence-corrected chi connectivity index (χ1v) is 12.2. The molecule has 0 aliphatic heterocycles. The van der Waals surface area contributed by atoms with Crippen LogP contribution in [-0.4, -0.2) is 23.8 Å². The highest BCUT2D eigenvalue weighted by Crippen LogP contribution is 2.39. The van der Waals surface area contributed by atoms with Crippen molar-refractivity contribution in [2.45, 2.75) is 58.0 Å². The number of halogens is 4. The molecule has 0 spiro atoms. The van der Waals surface area contributed by atoms with Gasteiger partial charge in [0.1, 0.15) is 12.4 Å². The molecule has 0 aliphatic rings. The molecule has 3 aromatic rings. The molecule has 0 saturated heterocycles. The van der Waals surface area contributed by atoms with Gasteiger partial charge in [-0.2, -0.15) is 17.6 Å². The number of benzene rings is 1. The monoisotopic (exact) mass is 495 g/mol. The fraction of sp³-hybridized carbons (Fsp3) is 0.440. The van der Waals surface area contributed by atoms with Crippen LogP contribution in [0.5, 0.6) is 0 Å². The molecule has 9 heteroatoms. The predicted octanol–water partition coefficient (Wildman–Crippen LogP) is 8.01. The largest absolute Gasteiger partial charge is 0.416 e. The van der Waals surface area contributed by atoms with Crippen molar-refractivity contribution >= 4 is 22.2 Å². The molecule has 184 valence electrons. The quantitative estimate of drug-likeness (QED) is 0.145. The maximum absolute atomic E-state index is 14.7. The number of methoxy groups -OCH3 is 1. The molecule has 2 heterocycles. The van der Waals surface area contributed by atoms with E-state index in [4.69, 9.17) is 4.74 Å². The highest BCUT2D eigenvalue weighted by atomic mass is 32.1. The molecule has 0 N–H and O–H groups in total. The number of anilines is 2. The lowest BCUT2D eigenvalue weighted by Crippen LogP contribution is -2.21. The lowest BCUT2D eigenvalue weighted by Gasteiger charge is -2.23. The summed E-state index contributed by atoms with van der Waals surface area (Å²) in [4.78, 5) is 9.76. The Bertz CT molecular complexity index is 1040. The SMILES string of the molecule is CCCCCCCCc1ccc(N(COC)c2nc(-c3cccnc3)c(F)s2)cc1C(F)(F)F. The van der Waals surface area contributed by atoms with Crippen LogP contribution < -0.4 is 4.90 Å². The molecule has 0 unspecified atom stereocenters. The Morgan fingerprint density at radius 1 is 1.06 bits per heavy atom. The van der Waals surface area contributed by atoms with Crippen LogP contribution in [0, 0.1) is 5.13 Å². The van der Waals surface area contributed by atoms with Gasteiger partial charge in [-0.25, -0.2) is 4.98 Å². The zero-order valence-corrected chi connectivity index (χ0v) is 20.2. The number of rotatable bonds is 12. The van der Waals surface area contributed by atoms with Gasteiger partial charge in [0.25, 0.3) is 0 Å². The van der Waals surface area contributed by atoms with Crippen molar-refractivity contribution in [1.82, 2.24) is 9.97 Å². The zero-order valence-electron chi connectivity index (χ0n) is 19.4. The number of hydrogen-bond donors (Lipinski definition) is 0. The smallest absolute Gasteiger partial charge is 0.364 e. The van der Waals surface area contributed by atoms with Crippen LogP contribution in [-0.2, 0) is 17.3 Å². The summed E-state index contributed by atoms with van der Waals surface area (Å²) in [5.41, 5.74) is 0.428.